The highest BCUT2D eigenvalue weighted by atomic mass is 16.5. The first-order valence-corrected chi connectivity index (χ1v) is 8.99. The fraction of sp³-hybridized carbons (Fsp3) is 0.611. The summed E-state index contributed by atoms with van der Waals surface area (Å²) < 4.78 is 5.29. The van der Waals surface area contributed by atoms with Crippen molar-refractivity contribution in [2.24, 2.45) is 0 Å². The second-order valence-electron chi connectivity index (χ2n) is 6.61. The molecule has 1 N–H and O–H groups in total. The number of aryl methyl sites for hydroxylation is 1. The van der Waals surface area contributed by atoms with Crippen molar-refractivity contribution >= 4 is 11.9 Å². The van der Waals surface area contributed by atoms with Crippen LogP contribution in [0.15, 0.2) is 18.5 Å². The molecule has 0 atom stereocenters. The molecule has 0 spiro atoms. The van der Waals surface area contributed by atoms with Crippen molar-refractivity contribution in [2.75, 3.05) is 39.5 Å². The maximum atomic E-state index is 12.7. The summed E-state index contributed by atoms with van der Waals surface area (Å²) in [5, 5.41) is 2.73. The van der Waals surface area contributed by atoms with Crippen LogP contribution >= 0.6 is 0 Å². The molecular weight excluding hydrogens is 320 g/mol. The van der Waals surface area contributed by atoms with Gasteiger partial charge < -0.3 is 15.0 Å². The average molecular weight is 346 g/mol. The third-order valence-corrected chi connectivity index (χ3v) is 4.92. The van der Waals surface area contributed by atoms with Crippen molar-refractivity contribution in [3.8, 4) is 0 Å². The Morgan fingerprint density at radius 2 is 2.08 bits per heavy atom. The molecule has 1 aromatic rings. The molecule has 0 radical (unpaired) electrons. The number of pyridine rings is 1. The smallest absolute Gasteiger partial charge is 0.321 e. The summed E-state index contributed by atoms with van der Waals surface area (Å²) in [5.41, 5.74) is 2.54. The van der Waals surface area contributed by atoms with Crippen molar-refractivity contribution in [1.82, 2.24) is 20.1 Å². The first-order valence-electron chi connectivity index (χ1n) is 8.99. The molecular formula is C18H26N4O3. The molecule has 2 fully saturated rings. The summed E-state index contributed by atoms with van der Waals surface area (Å²) in [7, 11) is 0. The van der Waals surface area contributed by atoms with Gasteiger partial charge in [0.2, 0.25) is 5.91 Å². The first-order chi connectivity index (χ1) is 12.2. The molecule has 2 saturated heterocycles. The number of carbonyl (C=O) groups excluding carboxylic acids is 2. The number of ether oxygens (including phenoxy) is 1. The summed E-state index contributed by atoms with van der Waals surface area (Å²) in [6.07, 6.45) is 6.76. The Morgan fingerprint density at radius 3 is 2.84 bits per heavy atom. The van der Waals surface area contributed by atoms with Crippen LogP contribution in [-0.2, 0) is 16.0 Å². The third-order valence-electron chi connectivity index (χ3n) is 4.92. The van der Waals surface area contributed by atoms with Crippen molar-refractivity contribution in [1.29, 1.82) is 0 Å². The van der Waals surface area contributed by atoms with E-state index in [1.165, 1.54) is 11.1 Å². The third kappa shape index (κ3) is 4.48. The van der Waals surface area contributed by atoms with Crippen LogP contribution in [0.5, 0.6) is 0 Å². The number of piperidine rings is 1. The van der Waals surface area contributed by atoms with Gasteiger partial charge in [0.05, 0.1) is 0 Å². The SMILES string of the molecule is CCc1cncc(C2CCN(C(=O)N3CCNC(=O)COC3)CC2)c1. The van der Waals surface area contributed by atoms with Gasteiger partial charge >= 0.3 is 6.03 Å². The minimum atomic E-state index is -0.129. The average Bonchev–Trinajstić information content (AvgIpc) is 2.64. The summed E-state index contributed by atoms with van der Waals surface area (Å²) in [5.74, 6) is 0.335. The van der Waals surface area contributed by atoms with E-state index in [2.05, 4.69) is 23.3 Å². The van der Waals surface area contributed by atoms with Gasteiger partial charge in [-0.2, -0.15) is 0 Å². The van der Waals surface area contributed by atoms with Gasteiger partial charge in [-0.05, 0) is 36.3 Å². The molecule has 7 nitrogen and oxygen atoms in total. The molecule has 7 heteroatoms. The number of aromatic nitrogens is 1. The Morgan fingerprint density at radius 1 is 1.28 bits per heavy atom. The van der Waals surface area contributed by atoms with Crippen LogP contribution in [0.2, 0.25) is 0 Å². The van der Waals surface area contributed by atoms with Gasteiger partial charge in [0.25, 0.3) is 0 Å². The lowest BCUT2D eigenvalue weighted by Crippen LogP contribution is -2.51. The number of urea groups is 1. The zero-order chi connectivity index (χ0) is 17.6. The second kappa shape index (κ2) is 8.29. The number of rotatable bonds is 2. The zero-order valence-electron chi connectivity index (χ0n) is 14.7. The van der Waals surface area contributed by atoms with Gasteiger partial charge in [-0.25, -0.2) is 4.79 Å². The van der Waals surface area contributed by atoms with Gasteiger partial charge in [0.15, 0.2) is 0 Å². The minimum Gasteiger partial charge on any atom is -0.352 e. The summed E-state index contributed by atoms with van der Waals surface area (Å²) in [6, 6.07) is 2.24. The van der Waals surface area contributed by atoms with Crippen LogP contribution in [0.3, 0.4) is 0 Å². The highest BCUT2D eigenvalue weighted by molar-refractivity contribution is 5.78. The van der Waals surface area contributed by atoms with Crippen LogP contribution in [-0.4, -0.2) is 66.2 Å². The number of likely N-dealkylation sites (tertiary alicyclic amines) is 1. The van der Waals surface area contributed by atoms with E-state index in [1.54, 1.807) is 4.90 Å². The van der Waals surface area contributed by atoms with Crippen LogP contribution in [0.25, 0.3) is 0 Å². The normalized spacial score (nSPS) is 20.0. The number of amides is 3. The van der Waals surface area contributed by atoms with E-state index in [-0.39, 0.29) is 25.3 Å². The standard InChI is InChI=1S/C18H26N4O3/c1-2-14-9-16(11-19-10-14)15-3-6-21(7-4-15)18(24)22-8-5-20-17(23)12-25-13-22/h9-11,15H,2-8,12-13H2,1H3,(H,20,23). The molecule has 25 heavy (non-hydrogen) atoms. The van der Waals surface area contributed by atoms with E-state index in [4.69, 9.17) is 4.74 Å². The monoisotopic (exact) mass is 346 g/mol. The lowest BCUT2D eigenvalue weighted by atomic mass is 9.90. The van der Waals surface area contributed by atoms with Gasteiger partial charge in [0.1, 0.15) is 13.3 Å². The van der Waals surface area contributed by atoms with Gasteiger partial charge in [0, 0.05) is 38.6 Å². The van der Waals surface area contributed by atoms with Gasteiger partial charge in [-0.15, -0.1) is 0 Å². The number of hydrogen-bond acceptors (Lipinski definition) is 4. The minimum absolute atomic E-state index is 0.00460. The molecule has 1 aromatic heterocycles. The lowest BCUT2D eigenvalue weighted by molar-refractivity contribution is -0.128. The Bertz CT molecular complexity index is 602. The first kappa shape index (κ1) is 17.7. The Kier molecular flexibility index (Phi) is 5.86. The largest absolute Gasteiger partial charge is 0.352 e. The van der Waals surface area contributed by atoms with E-state index in [0.29, 0.717) is 19.0 Å². The van der Waals surface area contributed by atoms with Crippen LogP contribution in [0.1, 0.15) is 36.8 Å². The molecule has 2 aliphatic heterocycles. The second-order valence-corrected chi connectivity index (χ2v) is 6.61. The summed E-state index contributed by atoms with van der Waals surface area (Å²) in [6.45, 7) is 4.75. The predicted molar refractivity (Wildman–Crippen MR) is 93.1 cm³/mol. The molecule has 0 bridgehead atoms. The maximum Gasteiger partial charge on any atom is 0.321 e. The van der Waals surface area contributed by atoms with E-state index in [0.717, 1.165) is 32.4 Å². The molecule has 0 unspecified atom stereocenters. The Labute approximate surface area is 148 Å². The van der Waals surface area contributed by atoms with Crippen molar-refractivity contribution in [3.63, 3.8) is 0 Å². The fourth-order valence-corrected chi connectivity index (χ4v) is 3.37. The molecule has 0 aromatic carbocycles. The molecule has 136 valence electrons. The summed E-state index contributed by atoms with van der Waals surface area (Å²) >= 11 is 0. The number of nitrogens with one attached hydrogen (secondary N) is 1. The quantitative estimate of drug-likeness (QED) is 0.877. The van der Waals surface area contributed by atoms with E-state index < -0.39 is 0 Å². The van der Waals surface area contributed by atoms with Crippen molar-refractivity contribution < 1.29 is 14.3 Å². The molecule has 2 aliphatic rings. The molecule has 0 saturated carbocycles. The van der Waals surface area contributed by atoms with Crippen molar-refractivity contribution in [3.05, 3.63) is 29.6 Å². The number of carbonyl (C=O) groups is 2. The Balaban J connectivity index is 1.54. The van der Waals surface area contributed by atoms with E-state index in [1.807, 2.05) is 17.3 Å². The molecule has 3 heterocycles. The zero-order valence-corrected chi connectivity index (χ0v) is 14.7. The van der Waals surface area contributed by atoms with E-state index in [9.17, 15) is 9.59 Å². The van der Waals surface area contributed by atoms with Crippen LogP contribution in [0.4, 0.5) is 4.79 Å². The summed E-state index contributed by atoms with van der Waals surface area (Å²) in [4.78, 5) is 31.9. The fourth-order valence-electron chi connectivity index (χ4n) is 3.37. The van der Waals surface area contributed by atoms with Crippen LogP contribution in [0, 0.1) is 0 Å². The maximum absolute atomic E-state index is 12.7. The number of hydrogen-bond donors (Lipinski definition) is 1. The topological polar surface area (TPSA) is 74.8 Å². The molecule has 0 aliphatic carbocycles. The Hall–Kier alpha value is -2.15. The van der Waals surface area contributed by atoms with E-state index >= 15 is 0 Å². The van der Waals surface area contributed by atoms with Gasteiger partial charge in [-0.1, -0.05) is 13.0 Å². The molecule has 3 rings (SSSR count). The highest BCUT2D eigenvalue weighted by Gasteiger charge is 2.28. The predicted octanol–water partition coefficient (Wildman–Crippen LogP) is 1.35. The highest BCUT2D eigenvalue weighted by Crippen LogP contribution is 2.28. The lowest BCUT2D eigenvalue weighted by Gasteiger charge is -2.36. The van der Waals surface area contributed by atoms with Crippen molar-refractivity contribution in [2.45, 2.75) is 32.1 Å². The van der Waals surface area contributed by atoms with Gasteiger partial charge in [-0.3, -0.25) is 14.7 Å². The number of nitrogens with zero attached hydrogens (tertiary/aromatic N) is 3. The van der Waals surface area contributed by atoms with Crippen LogP contribution < -0.4 is 5.32 Å². The molecule has 3 amide bonds.